The number of thiazole rings is 1. The molecule has 206 valence electrons. The number of fused-ring (bicyclic) bond motifs is 1. The summed E-state index contributed by atoms with van der Waals surface area (Å²) in [7, 11) is 0. The summed E-state index contributed by atoms with van der Waals surface area (Å²) in [5.41, 5.74) is 4.39. The number of carbonyl (C=O) groups is 1. The zero-order valence-corrected chi connectivity index (χ0v) is 24.0. The summed E-state index contributed by atoms with van der Waals surface area (Å²) in [5, 5.41) is 16.8. The fraction of sp³-hybridized carbons (Fsp3) is 0.357. The summed E-state index contributed by atoms with van der Waals surface area (Å²) in [6, 6.07) is 11.4. The second-order valence-corrected chi connectivity index (χ2v) is 11.1. The Kier molecular flexibility index (Phi) is 9.06. The molecule has 1 fully saturated rings. The van der Waals surface area contributed by atoms with Crippen LogP contribution in [0, 0.1) is 0 Å². The van der Waals surface area contributed by atoms with Gasteiger partial charge in [0.2, 0.25) is 0 Å². The number of hydrogen-bond acceptors (Lipinski definition) is 7. The van der Waals surface area contributed by atoms with Crippen LogP contribution in [0.2, 0.25) is 10.0 Å². The van der Waals surface area contributed by atoms with E-state index in [0.717, 1.165) is 73.0 Å². The Labute approximate surface area is 241 Å². The van der Waals surface area contributed by atoms with Crippen LogP contribution in [0.4, 0.5) is 10.5 Å². The van der Waals surface area contributed by atoms with Gasteiger partial charge >= 0.3 is 6.09 Å². The normalized spacial score (nSPS) is 14.7. The fourth-order valence-corrected chi connectivity index (χ4v) is 5.98. The second kappa shape index (κ2) is 12.7. The van der Waals surface area contributed by atoms with Crippen LogP contribution >= 0.6 is 34.5 Å². The van der Waals surface area contributed by atoms with Crippen molar-refractivity contribution >= 4 is 57.2 Å². The Morgan fingerprint density at radius 1 is 1.15 bits per heavy atom. The lowest BCUT2D eigenvalue weighted by Gasteiger charge is -2.33. The standard InChI is InChI=1S/C28H31Cl2N5O3S/c1-2-35-16-24(32-28(37)38-17-20-4-3-5-23(29)26(20)30)22-14-19(6-7-25(22)35)27-31-21(18-39-27)15-34-10-8-33(9-11-34)12-13-36/h3-7,14,16,18,36H,2,8-13,15,17H2,1H3,(H,32,37). The predicted octanol–water partition coefficient (Wildman–Crippen LogP) is 5.95. The summed E-state index contributed by atoms with van der Waals surface area (Å²) in [4.78, 5) is 22.3. The summed E-state index contributed by atoms with van der Waals surface area (Å²) >= 11 is 13.9. The van der Waals surface area contributed by atoms with Crippen LogP contribution in [-0.4, -0.2) is 69.9 Å². The molecular formula is C28H31Cl2N5O3S. The van der Waals surface area contributed by atoms with Gasteiger partial charge in [0.25, 0.3) is 0 Å². The molecule has 2 aromatic carbocycles. The number of aliphatic hydroxyl groups excluding tert-OH is 1. The quantitative estimate of drug-likeness (QED) is 0.252. The van der Waals surface area contributed by atoms with Gasteiger partial charge in [0.1, 0.15) is 11.6 Å². The van der Waals surface area contributed by atoms with E-state index in [1.54, 1.807) is 29.5 Å². The van der Waals surface area contributed by atoms with E-state index >= 15 is 0 Å². The SMILES string of the molecule is CCn1cc(NC(=O)OCc2cccc(Cl)c2Cl)c2cc(-c3nc(CN4CCN(CCO)CC4)cs3)ccc21. The number of nitrogens with one attached hydrogen (secondary N) is 1. The molecule has 8 nitrogen and oxygen atoms in total. The Balaban J connectivity index is 1.28. The summed E-state index contributed by atoms with van der Waals surface area (Å²) < 4.78 is 7.53. The Morgan fingerprint density at radius 3 is 2.72 bits per heavy atom. The molecule has 0 spiro atoms. The van der Waals surface area contributed by atoms with Crippen LogP contribution in [-0.2, 0) is 24.4 Å². The Bertz CT molecular complexity index is 1450. The van der Waals surface area contributed by atoms with Gasteiger partial charge < -0.3 is 14.4 Å². The van der Waals surface area contributed by atoms with Gasteiger partial charge in [-0.15, -0.1) is 11.3 Å². The maximum absolute atomic E-state index is 12.7. The van der Waals surface area contributed by atoms with Gasteiger partial charge in [0.05, 0.1) is 33.6 Å². The van der Waals surface area contributed by atoms with E-state index in [1.807, 2.05) is 6.20 Å². The number of piperazine rings is 1. The Morgan fingerprint density at radius 2 is 1.95 bits per heavy atom. The van der Waals surface area contributed by atoms with Crippen molar-refractivity contribution in [2.24, 2.45) is 0 Å². The number of aromatic nitrogens is 2. The summed E-state index contributed by atoms with van der Waals surface area (Å²) in [6.07, 6.45) is 1.36. The number of rotatable bonds is 9. The number of aryl methyl sites for hydroxylation is 1. The first kappa shape index (κ1) is 27.9. The smallest absolute Gasteiger partial charge is 0.412 e. The van der Waals surface area contributed by atoms with Crippen LogP contribution in [0.3, 0.4) is 0 Å². The molecule has 3 heterocycles. The molecule has 11 heteroatoms. The zero-order valence-electron chi connectivity index (χ0n) is 21.7. The number of ether oxygens (including phenoxy) is 1. The van der Waals surface area contributed by atoms with E-state index in [0.29, 0.717) is 21.3 Å². The molecular weight excluding hydrogens is 557 g/mol. The van der Waals surface area contributed by atoms with Gasteiger partial charge in [-0.2, -0.15) is 0 Å². The van der Waals surface area contributed by atoms with Gasteiger partial charge in [-0.25, -0.2) is 9.78 Å². The van der Waals surface area contributed by atoms with E-state index < -0.39 is 6.09 Å². The monoisotopic (exact) mass is 587 g/mol. The average molecular weight is 589 g/mol. The highest BCUT2D eigenvalue weighted by Gasteiger charge is 2.18. The van der Waals surface area contributed by atoms with E-state index in [4.69, 9.17) is 38.0 Å². The van der Waals surface area contributed by atoms with Crippen LogP contribution < -0.4 is 5.32 Å². The molecule has 0 atom stereocenters. The lowest BCUT2D eigenvalue weighted by atomic mass is 10.1. The van der Waals surface area contributed by atoms with Crippen molar-refractivity contribution in [1.82, 2.24) is 19.4 Å². The maximum Gasteiger partial charge on any atom is 0.412 e. The number of halogens is 2. The lowest BCUT2D eigenvalue weighted by Crippen LogP contribution is -2.46. The average Bonchev–Trinajstić information content (AvgIpc) is 3.55. The highest BCUT2D eigenvalue weighted by molar-refractivity contribution is 7.13. The van der Waals surface area contributed by atoms with Crippen LogP contribution in [0.25, 0.3) is 21.5 Å². The molecule has 2 aromatic heterocycles. The predicted molar refractivity (Wildman–Crippen MR) is 158 cm³/mol. The number of benzene rings is 2. The zero-order chi connectivity index (χ0) is 27.4. The van der Waals surface area contributed by atoms with Crippen molar-refractivity contribution in [3.63, 3.8) is 0 Å². The number of nitrogens with zero attached hydrogens (tertiary/aromatic N) is 4. The van der Waals surface area contributed by atoms with Gasteiger partial charge in [0, 0.05) is 73.9 Å². The first-order valence-corrected chi connectivity index (χ1v) is 14.6. The molecule has 0 bridgehead atoms. The van der Waals surface area contributed by atoms with Crippen molar-refractivity contribution in [1.29, 1.82) is 0 Å². The van der Waals surface area contributed by atoms with Crippen LogP contribution in [0.15, 0.2) is 48.0 Å². The minimum absolute atomic E-state index is 0.0152. The third kappa shape index (κ3) is 6.57. The highest BCUT2D eigenvalue weighted by atomic mass is 35.5. The van der Waals surface area contributed by atoms with Crippen molar-refractivity contribution in [3.8, 4) is 10.6 Å². The van der Waals surface area contributed by atoms with Crippen LogP contribution in [0.5, 0.6) is 0 Å². The van der Waals surface area contributed by atoms with Gasteiger partial charge in [0.15, 0.2) is 0 Å². The van der Waals surface area contributed by atoms with Crippen molar-refractivity contribution in [2.75, 3.05) is 44.6 Å². The van der Waals surface area contributed by atoms with Gasteiger partial charge in [-0.05, 0) is 31.2 Å². The number of carbonyl (C=O) groups excluding carboxylic acids is 1. The third-order valence-electron chi connectivity index (χ3n) is 6.91. The molecule has 0 saturated carbocycles. The molecule has 1 aliphatic rings. The van der Waals surface area contributed by atoms with Crippen molar-refractivity contribution in [2.45, 2.75) is 26.6 Å². The first-order chi connectivity index (χ1) is 18.9. The van der Waals surface area contributed by atoms with Crippen LogP contribution in [0.1, 0.15) is 18.2 Å². The highest BCUT2D eigenvalue weighted by Crippen LogP contribution is 2.33. The largest absolute Gasteiger partial charge is 0.444 e. The van der Waals surface area contributed by atoms with Gasteiger partial charge in [-0.3, -0.25) is 15.1 Å². The number of anilines is 1. The van der Waals surface area contributed by atoms with Gasteiger partial charge in [-0.1, -0.05) is 35.3 Å². The molecule has 0 unspecified atom stereocenters. The number of aliphatic hydroxyl groups is 1. The minimum atomic E-state index is -0.567. The lowest BCUT2D eigenvalue weighted by molar-refractivity contribution is 0.108. The molecule has 0 radical (unpaired) electrons. The number of amides is 1. The fourth-order valence-electron chi connectivity index (χ4n) is 4.79. The second-order valence-electron chi connectivity index (χ2n) is 9.46. The summed E-state index contributed by atoms with van der Waals surface area (Å²) in [6.45, 7) is 8.47. The third-order valence-corrected chi connectivity index (χ3v) is 8.71. The summed E-state index contributed by atoms with van der Waals surface area (Å²) in [5.74, 6) is 0. The molecule has 1 amide bonds. The molecule has 39 heavy (non-hydrogen) atoms. The number of β-amino-alcohol motifs (C(OH)–C–C–N with tert-alkyl or cyclic N) is 1. The molecule has 5 rings (SSSR count). The molecule has 1 saturated heterocycles. The Hall–Kier alpha value is -2.66. The first-order valence-electron chi connectivity index (χ1n) is 12.9. The van der Waals surface area contributed by atoms with E-state index in [9.17, 15) is 4.79 Å². The van der Waals surface area contributed by atoms with E-state index in [1.165, 1.54) is 0 Å². The molecule has 1 aliphatic heterocycles. The minimum Gasteiger partial charge on any atom is -0.444 e. The number of hydrogen-bond donors (Lipinski definition) is 2. The molecule has 0 aliphatic carbocycles. The van der Waals surface area contributed by atoms with E-state index in [2.05, 4.69) is 50.2 Å². The van der Waals surface area contributed by atoms with E-state index in [-0.39, 0.29) is 13.2 Å². The molecule has 2 N–H and O–H groups in total. The molecule has 4 aromatic rings. The van der Waals surface area contributed by atoms with Crippen molar-refractivity contribution in [3.05, 3.63) is 69.3 Å². The van der Waals surface area contributed by atoms with Crippen molar-refractivity contribution < 1.29 is 14.6 Å². The maximum atomic E-state index is 12.7. The topological polar surface area (TPSA) is 82.9 Å².